The van der Waals surface area contributed by atoms with Crippen LogP contribution in [0, 0.1) is 0 Å². The summed E-state index contributed by atoms with van der Waals surface area (Å²) < 4.78 is 2.08. The van der Waals surface area contributed by atoms with Gasteiger partial charge in [0.1, 0.15) is 0 Å². The largest absolute Gasteiger partial charge is 0.336 e. The van der Waals surface area contributed by atoms with Crippen LogP contribution < -0.4 is 5.32 Å². The van der Waals surface area contributed by atoms with Crippen LogP contribution >= 0.6 is 11.6 Å². The van der Waals surface area contributed by atoms with E-state index in [-0.39, 0.29) is 0 Å². The van der Waals surface area contributed by atoms with Gasteiger partial charge in [0.15, 0.2) is 0 Å². The molecule has 2 unspecified atom stereocenters. The average Bonchev–Trinajstić information content (AvgIpc) is 2.92. The van der Waals surface area contributed by atoms with E-state index in [1.807, 2.05) is 24.7 Å². The maximum Gasteiger partial charge on any atom is 0.0946 e. The topological polar surface area (TPSA) is 29.9 Å². The van der Waals surface area contributed by atoms with Crippen LogP contribution in [0.25, 0.3) is 0 Å². The molecule has 0 amide bonds. The Morgan fingerprint density at radius 3 is 2.63 bits per heavy atom. The first-order valence-electron chi connectivity index (χ1n) is 6.61. The quantitative estimate of drug-likeness (QED) is 0.878. The highest BCUT2D eigenvalue weighted by molar-refractivity contribution is 6.30. The highest BCUT2D eigenvalue weighted by Gasteiger charge is 2.13. The third-order valence-corrected chi connectivity index (χ3v) is 3.79. The number of imidazole rings is 1. The number of nitrogens with one attached hydrogen (secondary N) is 1. The van der Waals surface area contributed by atoms with Crippen LogP contribution in [0.3, 0.4) is 0 Å². The molecule has 3 nitrogen and oxygen atoms in total. The minimum Gasteiger partial charge on any atom is -0.336 e. The van der Waals surface area contributed by atoms with Crippen LogP contribution in [0.1, 0.15) is 25.3 Å². The molecule has 0 saturated carbocycles. The smallest absolute Gasteiger partial charge is 0.0946 e. The van der Waals surface area contributed by atoms with Gasteiger partial charge in [-0.2, -0.15) is 0 Å². The number of benzene rings is 1. The number of hydrogen-bond donors (Lipinski definition) is 1. The molecule has 0 radical (unpaired) electrons. The van der Waals surface area contributed by atoms with Crippen LogP contribution in [0.5, 0.6) is 0 Å². The summed E-state index contributed by atoms with van der Waals surface area (Å²) in [6.45, 7) is 6.33. The first kappa shape index (κ1) is 14.1. The Morgan fingerprint density at radius 1 is 1.26 bits per heavy atom. The summed E-state index contributed by atoms with van der Waals surface area (Å²) >= 11 is 5.91. The molecule has 1 heterocycles. The zero-order valence-corrected chi connectivity index (χ0v) is 12.1. The lowest BCUT2D eigenvalue weighted by molar-refractivity contribution is 0.463. The molecule has 0 bridgehead atoms. The highest BCUT2D eigenvalue weighted by atomic mass is 35.5. The van der Waals surface area contributed by atoms with Gasteiger partial charge in [-0.05, 0) is 30.5 Å². The molecule has 4 heteroatoms. The SMILES string of the molecule is CC(NCCn1ccnc1)C(C)c1ccc(Cl)cc1. The Hall–Kier alpha value is -1.32. The summed E-state index contributed by atoms with van der Waals surface area (Å²) in [5.74, 6) is 0.458. The molecule has 0 fully saturated rings. The normalized spacial score (nSPS) is 14.3. The standard InChI is InChI=1S/C15H20ClN3/c1-12(14-3-5-15(16)6-4-14)13(2)18-8-10-19-9-7-17-11-19/h3-7,9,11-13,18H,8,10H2,1-2H3. The van der Waals surface area contributed by atoms with Gasteiger partial charge in [0.25, 0.3) is 0 Å². The molecular formula is C15H20ClN3. The zero-order chi connectivity index (χ0) is 13.7. The van der Waals surface area contributed by atoms with Gasteiger partial charge in [-0.15, -0.1) is 0 Å². The predicted octanol–water partition coefficient (Wildman–Crippen LogP) is 3.32. The first-order valence-corrected chi connectivity index (χ1v) is 6.99. The molecule has 2 rings (SSSR count). The van der Waals surface area contributed by atoms with Crippen molar-refractivity contribution in [2.24, 2.45) is 0 Å². The molecule has 1 N–H and O–H groups in total. The molecule has 1 aromatic heterocycles. The fraction of sp³-hybridized carbons (Fsp3) is 0.400. The lowest BCUT2D eigenvalue weighted by Gasteiger charge is -2.22. The van der Waals surface area contributed by atoms with Gasteiger partial charge in [-0.1, -0.05) is 30.7 Å². The van der Waals surface area contributed by atoms with E-state index in [0.29, 0.717) is 12.0 Å². The van der Waals surface area contributed by atoms with Crippen molar-refractivity contribution in [3.05, 3.63) is 53.6 Å². The lowest BCUT2D eigenvalue weighted by atomic mass is 9.94. The van der Waals surface area contributed by atoms with Crippen LogP contribution in [0.2, 0.25) is 5.02 Å². The van der Waals surface area contributed by atoms with Gasteiger partial charge in [-0.3, -0.25) is 0 Å². The number of rotatable bonds is 6. The summed E-state index contributed by atoms with van der Waals surface area (Å²) in [5, 5.41) is 4.34. The van der Waals surface area contributed by atoms with Crippen LogP contribution in [-0.2, 0) is 6.54 Å². The molecule has 2 aromatic rings. The van der Waals surface area contributed by atoms with Crippen molar-refractivity contribution in [2.45, 2.75) is 32.4 Å². The summed E-state index contributed by atoms with van der Waals surface area (Å²) in [4.78, 5) is 4.03. The number of hydrogen-bond acceptors (Lipinski definition) is 2. The van der Waals surface area contributed by atoms with Crippen molar-refractivity contribution >= 4 is 11.6 Å². The van der Waals surface area contributed by atoms with Crippen molar-refractivity contribution < 1.29 is 0 Å². The van der Waals surface area contributed by atoms with Gasteiger partial charge in [0.05, 0.1) is 6.33 Å². The van der Waals surface area contributed by atoms with E-state index >= 15 is 0 Å². The monoisotopic (exact) mass is 277 g/mol. The van der Waals surface area contributed by atoms with E-state index in [4.69, 9.17) is 11.6 Å². The Labute approximate surface area is 119 Å². The van der Waals surface area contributed by atoms with Gasteiger partial charge >= 0.3 is 0 Å². The van der Waals surface area contributed by atoms with E-state index in [1.54, 1.807) is 6.20 Å². The predicted molar refractivity (Wildman–Crippen MR) is 79.6 cm³/mol. The van der Waals surface area contributed by atoms with E-state index in [0.717, 1.165) is 18.1 Å². The fourth-order valence-electron chi connectivity index (χ4n) is 2.07. The molecule has 0 spiro atoms. The molecule has 2 atom stereocenters. The maximum absolute atomic E-state index is 5.91. The Kier molecular flexibility index (Phi) is 5.00. The van der Waals surface area contributed by atoms with Gasteiger partial charge in [-0.25, -0.2) is 4.98 Å². The third-order valence-electron chi connectivity index (χ3n) is 3.54. The second-order valence-electron chi connectivity index (χ2n) is 4.88. The van der Waals surface area contributed by atoms with Gasteiger partial charge in [0.2, 0.25) is 0 Å². The molecule has 0 aliphatic heterocycles. The Balaban J connectivity index is 1.82. The number of nitrogens with zero attached hydrogens (tertiary/aromatic N) is 2. The first-order chi connectivity index (χ1) is 9.16. The van der Waals surface area contributed by atoms with Gasteiger partial charge < -0.3 is 9.88 Å². The summed E-state index contributed by atoms with van der Waals surface area (Å²) in [6, 6.07) is 8.52. The lowest BCUT2D eigenvalue weighted by Crippen LogP contribution is -2.33. The summed E-state index contributed by atoms with van der Waals surface area (Å²) in [7, 11) is 0. The van der Waals surface area contributed by atoms with Gasteiger partial charge in [0, 0.05) is 36.5 Å². The van der Waals surface area contributed by atoms with E-state index < -0.39 is 0 Å². The fourth-order valence-corrected chi connectivity index (χ4v) is 2.20. The Bertz CT molecular complexity index is 479. The molecule has 19 heavy (non-hydrogen) atoms. The third kappa shape index (κ3) is 4.08. The van der Waals surface area contributed by atoms with Crippen molar-refractivity contribution in [3.63, 3.8) is 0 Å². The van der Waals surface area contributed by atoms with E-state index in [9.17, 15) is 0 Å². The Morgan fingerprint density at radius 2 is 2.00 bits per heavy atom. The van der Waals surface area contributed by atoms with E-state index in [1.165, 1.54) is 5.56 Å². The molecular weight excluding hydrogens is 258 g/mol. The summed E-state index contributed by atoms with van der Waals surface area (Å²) in [6.07, 6.45) is 5.63. The zero-order valence-electron chi connectivity index (χ0n) is 11.4. The molecule has 0 saturated heterocycles. The molecule has 0 aliphatic rings. The average molecular weight is 278 g/mol. The van der Waals surface area contributed by atoms with E-state index in [2.05, 4.69) is 40.8 Å². The van der Waals surface area contributed by atoms with Crippen molar-refractivity contribution in [3.8, 4) is 0 Å². The molecule has 102 valence electrons. The molecule has 0 aliphatic carbocycles. The number of halogens is 1. The van der Waals surface area contributed by atoms with Crippen LogP contribution in [0.15, 0.2) is 43.0 Å². The number of aromatic nitrogens is 2. The van der Waals surface area contributed by atoms with Crippen LogP contribution in [-0.4, -0.2) is 22.1 Å². The minimum absolute atomic E-state index is 0.421. The van der Waals surface area contributed by atoms with Crippen molar-refractivity contribution in [1.82, 2.24) is 14.9 Å². The van der Waals surface area contributed by atoms with Crippen molar-refractivity contribution in [2.75, 3.05) is 6.54 Å². The second-order valence-corrected chi connectivity index (χ2v) is 5.32. The summed E-state index contributed by atoms with van der Waals surface area (Å²) in [5.41, 5.74) is 1.31. The van der Waals surface area contributed by atoms with Crippen LogP contribution in [0.4, 0.5) is 0 Å². The molecule has 1 aromatic carbocycles. The second kappa shape index (κ2) is 6.73. The highest BCUT2D eigenvalue weighted by Crippen LogP contribution is 2.20. The minimum atomic E-state index is 0.421. The van der Waals surface area contributed by atoms with Crippen molar-refractivity contribution in [1.29, 1.82) is 0 Å². The maximum atomic E-state index is 5.91.